The van der Waals surface area contributed by atoms with Crippen LogP contribution in [0.25, 0.3) is 10.9 Å². The molecule has 17 heavy (non-hydrogen) atoms. The number of nitrogens with zero attached hydrogens (tertiary/aromatic N) is 2. The smallest absolute Gasteiger partial charge is 0.0648 e. The van der Waals surface area contributed by atoms with Crippen molar-refractivity contribution >= 4 is 10.9 Å². The summed E-state index contributed by atoms with van der Waals surface area (Å²) in [6.45, 7) is 2.98. The number of fused-ring (bicyclic) bond motifs is 1. The summed E-state index contributed by atoms with van der Waals surface area (Å²) in [6, 6.07) is 14.5. The summed E-state index contributed by atoms with van der Waals surface area (Å²) >= 11 is 0. The summed E-state index contributed by atoms with van der Waals surface area (Å²) in [5.74, 6) is 0. The lowest BCUT2D eigenvalue weighted by Gasteiger charge is -2.04. The van der Waals surface area contributed by atoms with Crippen molar-refractivity contribution in [2.45, 2.75) is 13.5 Å². The highest BCUT2D eigenvalue weighted by molar-refractivity contribution is 5.83. The van der Waals surface area contributed by atoms with Gasteiger partial charge in [-0.25, -0.2) is 0 Å². The average Bonchev–Trinajstić information content (AvgIpc) is 2.69. The molecule has 0 saturated heterocycles. The number of hydrogen-bond acceptors (Lipinski definition) is 1. The molecule has 2 aromatic heterocycles. The van der Waals surface area contributed by atoms with E-state index < -0.39 is 0 Å². The van der Waals surface area contributed by atoms with Gasteiger partial charge in [-0.15, -0.1) is 0 Å². The van der Waals surface area contributed by atoms with Gasteiger partial charge in [0.05, 0.1) is 12.2 Å². The Morgan fingerprint density at radius 1 is 1.06 bits per heavy atom. The predicted molar refractivity (Wildman–Crippen MR) is 70.0 cm³/mol. The molecule has 0 spiro atoms. The maximum absolute atomic E-state index is 4.37. The molecule has 0 atom stereocenters. The summed E-state index contributed by atoms with van der Waals surface area (Å²) in [5.41, 5.74) is 3.68. The van der Waals surface area contributed by atoms with Gasteiger partial charge in [-0.1, -0.05) is 24.3 Å². The van der Waals surface area contributed by atoms with Crippen LogP contribution in [-0.4, -0.2) is 9.55 Å². The van der Waals surface area contributed by atoms with E-state index in [1.807, 2.05) is 18.3 Å². The maximum atomic E-state index is 4.37. The number of hydrogen-bond donors (Lipinski definition) is 0. The van der Waals surface area contributed by atoms with E-state index >= 15 is 0 Å². The Kier molecular flexibility index (Phi) is 2.41. The molecule has 3 rings (SSSR count). The van der Waals surface area contributed by atoms with Crippen LogP contribution in [-0.2, 0) is 6.54 Å². The number of para-hydroxylation sites is 1. The van der Waals surface area contributed by atoms with Crippen LogP contribution in [0.15, 0.2) is 54.9 Å². The molecule has 2 heteroatoms. The average molecular weight is 222 g/mol. The molecule has 0 N–H and O–H groups in total. The van der Waals surface area contributed by atoms with E-state index in [0.717, 1.165) is 12.2 Å². The van der Waals surface area contributed by atoms with Crippen LogP contribution < -0.4 is 0 Å². The van der Waals surface area contributed by atoms with Crippen LogP contribution in [0.5, 0.6) is 0 Å². The summed E-state index contributed by atoms with van der Waals surface area (Å²) < 4.78 is 2.26. The van der Waals surface area contributed by atoms with E-state index in [9.17, 15) is 0 Å². The zero-order valence-corrected chi connectivity index (χ0v) is 9.80. The van der Waals surface area contributed by atoms with Gasteiger partial charge in [0, 0.05) is 23.3 Å². The molecule has 2 nitrogen and oxygen atoms in total. The fourth-order valence-corrected chi connectivity index (χ4v) is 2.23. The Bertz CT molecular complexity index is 638. The third kappa shape index (κ3) is 1.82. The van der Waals surface area contributed by atoms with Crippen molar-refractivity contribution in [2.75, 3.05) is 0 Å². The first kappa shape index (κ1) is 10.1. The van der Waals surface area contributed by atoms with Gasteiger partial charge in [-0.3, -0.25) is 4.98 Å². The summed E-state index contributed by atoms with van der Waals surface area (Å²) in [5, 5.41) is 1.32. The Morgan fingerprint density at radius 3 is 2.71 bits per heavy atom. The Labute approximate surface area is 101 Å². The third-order valence-corrected chi connectivity index (χ3v) is 3.05. The second-order valence-corrected chi connectivity index (χ2v) is 4.28. The summed E-state index contributed by atoms with van der Waals surface area (Å²) in [4.78, 5) is 4.37. The normalized spacial score (nSPS) is 10.9. The van der Waals surface area contributed by atoms with E-state index in [4.69, 9.17) is 0 Å². The van der Waals surface area contributed by atoms with E-state index in [1.165, 1.54) is 16.5 Å². The predicted octanol–water partition coefficient (Wildman–Crippen LogP) is 3.39. The number of aromatic nitrogens is 2. The van der Waals surface area contributed by atoms with Crippen LogP contribution in [0.4, 0.5) is 0 Å². The van der Waals surface area contributed by atoms with Gasteiger partial charge in [0.15, 0.2) is 0 Å². The summed E-state index contributed by atoms with van der Waals surface area (Å²) in [6.07, 6.45) is 4.03. The SMILES string of the molecule is Cc1cn(Cc2ccccn2)c2ccccc12. The molecule has 3 aromatic rings. The monoisotopic (exact) mass is 222 g/mol. The molecule has 0 bridgehead atoms. The molecule has 0 amide bonds. The van der Waals surface area contributed by atoms with Gasteiger partial charge in [0.2, 0.25) is 0 Å². The van der Waals surface area contributed by atoms with Crippen molar-refractivity contribution in [1.29, 1.82) is 0 Å². The zero-order valence-electron chi connectivity index (χ0n) is 9.80. The molecule has 0 unspecified atom stereocenters. The van der Waals surface area contributed by atoms with Gasteiger partial charge < -0.3 is 4.57 Å². The van der Waals surface area contributed by atoms with E-state index in [1.54, 1.807) is 0 Å². The lowest BCUT2D eigenvalue weighted by atomic mass is 10.2. The van der Waals surface area contributed by atoms with Crippen molar-refractivity contribution in [3.63, 3.8) is 0 Å². The molecule has 1 aromatic carbocycles. The van der Waals surface area contributed by atoms with E-state index in [-0.39, 0.29) is 0 Å². The van der Waals surface area contributed by atoms with Crippen LogP contribution in [0, 0.1) is 6.92 Å². The van der Waals surface area contributed by atoms with Gasteiger partial charge in [0.25, 0.3) is 0 Å². The van der Waals surface area contributed by atoms with Crippen LogP contribution in [0.3, 0.4) is 0 Å². The standard InChI is InChI=1S/C15H14N2/c1-12-10-17(11-13-6-4-5-9-16-13)15-8-3-2-7-14(12)15/h2-10H,11H2,1H3. The molecular weight excluding hydrogens is 208 g/mol. The number of aryl methyl sites for hydroxylation is 1. The number of pyridine rings is 1. The molecule has 0 aliphatic carbocycles. The number of benzene rings is 1. The quantitative estimate of drug-likeness (QED) is 0.650. The first-order valence-electron chi connectivity index (χ1n) is 5.79. The molecular formula is C15H14N2. The highest BCUT2D eigenvalue weighted by Gasteiger charge is 2.04. The first-order chi connectivity index (χ1) is 8.34. The van der Waals surface area contributed by atoms with Gasteiger partial charge in [-0.2, -0.15) is 0 Å². The molecule has 0 aliphatic heterocycles. The highest BCUT2D eigenvalue weighted by atomic mass is 15.0. The zero-order chi connectivity index (χ0) is 11.7. The largest absolute Gasteiger partial charge is 0.341 e. The first-order valence-corrected chi connectivity index (χ1v) is 5.79. The molecule has 84 valence electrons. The van der Waals surface area contributed by atoms with Crippen molar-refractivity contribution in [3.8, 4) is 0 Å². The molecule has 2 heterocycles. The van der Waals surface area contributed by atoms with Gasteiger partial charge in [0.1, 0.15) is 0 Å². The second-order valence-electron chi connectivity index (χ2n) is 4.28. The van der Waals surface area contributed by atoms with Crippen molar-refractivity contribution in [3.05, 3.63) is 66.1 Å². The Balaban J connectivity index is 2.07. The molecule has 0 fully saturated rings. The lowest BCUT2D eigenvalue weighted by molar-refractivity contribution is 0.805. The van der Waals surface area contributed by atoms with Gasteiger partial charge >= 0.3 is 0 Å². The Hall–Kier alpha value is -2.09. The van der Waals surface area contributed by atoms with Crippen molar-refractivity contribution in [2.24, 2.45) is 0 Å². The van der Waals surface area contributed by atoms with Crippen molar-refractivity contribution in [1.82, 2.24) is 9.55 Å². The topological polar surface area (TPSA) is 17.8 Å². The molecule has 0 saturated carbocycles. The minimum Gasteiger partial charge on any atom is -0.341 e. The molecule has 0 radical (unpaired) electrons. The lowest BCUT2D eigenvalue weighted by Crippen LogP contribution is -1.99. The molecule has 0 aliphatic rings. The third-order valence-electron chi connectivity index (χ3n) is 3.05. The summed E-state index contributed by atoms with van der Waals surface area (Å²) in [7, 11) is 0. The van der Waals surface area contributed by atoms with E-state index in [0.29, 0.717) is 0 Å². The van der Waals surface area contributed by atoms with Gasteiger partial charge in [-0.05, 0) is 30.7 Å². The number of rotatable bonds is 2. The minimum atomic E-state index is 0.829. The Morgan fingerprint density at radius 2 is 1.88 bits per heavy atom. The second kappa shape index (κ2) is 4.06. The minimum absolute atomic E-state index is 0.829. The van der Waals surface area contributed by atoms with Crippen LogP contribution >= 0.6 is 0 Å². The van der Waals surface area contributed by atoms with Crippen molar-refractivity contribution < 1.29 is 0 Å². The van der Waals surface area contributed by atoms with Crippen LogP contribution in [0.2, 0.25) is 0 Å². The fourth-order valence-electron chi connectivity index (χ4n) is 2.23. The van der Waals surface area contributed by atoms with E-state index in [2.05, 4.69) is 53.0 Å². The fraction of sp³-hybridized carbons (Fsp3) is 0.133. The van der Waals surface area contributed by atoms with Crippen LogP contribution in [0.1, 0.15) is 11.3 Å². The highest BCUT2D eigenvalue weighted by Crippen LogP contribution is 2.20. The maximum Gasteiger partial charge on any atom is 0.0648 e.